The Morgan fingerprint density at radius 3 is 2.35 bits per heavy atom. The minimum absolute atomic E-state index is 0. The minimum atomic E-state index is -0.365. The van der Waals surface area contributed by atoms with Crippen LogP contribution in [0.3, 0.4) is 0 Å². The molecule has 0 amide bonds. The van der Waals surface area contributed by atoms with Gasteiger partial charge in [0.05, 0.1) is 26.0 Å². The summed E-state index contributed by atoms with van der Waals surface area (Å²) < 4.78 is 35.1. The van der Waals surface area contributed by atoms with E-state index in [9.17, 15) is 4.39 Å². The second-order valence-corrected chi connectivity index (χ2v) is 9.48. The van der Waals surface area contributed by atoms with Gasteiger partial charge in [-0.2, -0.15) is 17.2 Å². The van der Waals surface area contributed by atoms with Crippen molar-refractivity contribution in [2.75, 3.05) is 14.2 Å². The topological polar surface area (TPSA) is 63.3 Å². The second kappa shape index (κ2) is 11.7. The maximum absolute atomic E-state index is 14.2. The fraction of sp³-hybridized carbons (Fsp3) is 0.0588. The van der Waals surface area contributed by atoms with Crippen molar-refractivity contribution < 1.29 is 39.7 Å². The Bertz CT molecular complexity index is 2070. The Hall–Kier alpha value is -4.94. The van der Waals surface area contributed by atoms with Gasteiger partial charge in [0.1, 0.15) is 23.1 Å². The summed E-state index contributed by atoms with van der Waals surface area (Å²) in [6, 6.07) is 32.4. The first-order chi connectivity index (χ1) is 20.6. The number of rotatable bonds is 7. The number of pyridine rings is 1. The minimum Gasteiger partial charge on any atom is -0.509 e. The van der Waals surface area contributed by atoms with Gasteiger partial charge in [-0.15, -0.1) is 35.7 Å². The molecule has 0 bridgehead atoms. The third kappa shape index (κ3) is 5.15. The van der Waals surface area contributed by atoms with E-state index in [0.29, 0.717) is 34.5 Å². The zero-order valence-electron chi connectivity index (χ0n) is 23.0. The van der Waals surface area contributed by atoms with E-state index in [1.165, 1.54) is 18.3 Å². The molecule has 9 heteroatoms. The molecule has 0 spiro atoms. The first kappa shape index (κ1) is 28.2. The summed E-state index contributed by atoms with van der Waals surface area (Å²) in [5, 5.41) is 6.52. The molecule has 0 aliphatic heterocycles. The number of halogens is 1. The van der Waals surface area contributed by atoms with Crippen LogP contribution in [0.4, 0.5) is 4.39 Å². The SMILES string of the molecule is COc1cccc(OC)c1-c1cnn(-c2[c-]c(Oc3[c-]c4c(cc3)c3ccccc3n4-c3cc(F)ccn3)ccc2)c1.[Pt+2]. The van der Waals surface area contributed by atoms with Gasteiger partial charge in [-0.3, -0.25) is 4.68 Å². The summed E-state index contributed by atoms with van der Waals surface area (Å²) in [6.07, 6.45) is 5.10. The van der Waals surface area contributed by atoms with Gasteiger partial charge < -0.3 is 18.8 Å². The summed E-state index contributed by atoms with van der Waals surface area (Å²) >= 11 is 0. The monoisotopic (exact) mass is 749 g/mol. The predicted molar refractivity (Wildman–Crippen MR) is 158 cm³/mol. The molecule has 3 aromatic heterocycles. The van der Waals surface area contributed by atoms with Crippen molar-refractivity contribution >= 4 is 21.8 Å². The Morgan fingerprint density at radius 2 is 1.56 bits per heavy atom. The van der Waals surface area contributed by atoms with E-state index in [4.69, 9.17) is 14.2 Å². The second-order valence-electron chi connectivity index (χ2n) is 9.48. The van der Waals surface area contributed by atoms with Crippen LogP contribution in [0.1, 0.15) is 0 Å². The van der Waals surface area contributed by atoms with E-state index >= 15 is 0 Å². The van der Waals surface area contributed by atoms with Gasteiger partial charge in [0.2, 0.25) is 0 Å². The van der Waals surface area contributed by atoms with Crippen molar-refractivity contribution in [3.63, 3.8) is 0 Å². The third-order valence-corrected chi connectivity index (χ3v) is 7.01. The van der Waals surface area contributed by atoms with Gasteiger partial charge in [0.15, 0.2) is 0 Å². The number of aromatic nitrogens is 4. The third-order valence-electron chi connectivity index (χ3n) is 7.01. The number of ether oxygens (including phenoxy) is 3. The van der Waals surface area contributed by atoms with Crippen LogP contribution in [-0.4, -0.2) is 33.6 Å². The van der Waals surface area contributed by atoms with Gasteiger partial charge >= 0.3 is 21.1 Å². The number of hydrogen-bond acceptors (Lipinski definition) is 5. The molecule has 43 heavy (non-hydrogen) atoms. The van der Waals surface area contributed by atoms with Gasteiger partial charge in [0.25, 0.3) is 0 Å². The molecular weight excluding hydrogens is 726 g/mol. The van der Waals surface area contributed by atoms with Crippen molar-refractivity contribution in [1.29, 1.82) is 0 Å². The van der Waals surface area contributed by atoms with E-state index in [1.807, 2.05) is 83.6 Å². The zero-order valence-corrected chi connectivity index (χ0v) is 25.3. The number of benzene rings is 4. The number of fused-ring (bicyclic) bond motifs is 3. The van der Waals surface area contributed by atoms with Gasteiger partial charge in [-0.1, -0.05) is 29.8 Å². The van der Waals surface area contributed by atoms with Gasteiger partial charge in [-0.25, -0.2) is 9.37 Å². The molecule has 7 nitrogen and oxygen atoms in total. The van der Waals surface area contributed by atoms with E-state index in [-0.39, 0.29) is 26.9 Å². The van der Waals surface area contributed by atoms with Crippen LogP contribution in [0.5, 0.6) is 23.0 Å². The number of para-hydroxylation sites is 1. The fourth-order valence-electron chi connectivity index (χ4n) is 5.15. The molecule has 0 N–H and O–H groups in total. The Morgan fingerprint density at radius 1 is 0.791 bits per heavy atom. The van der Waals surface area contributed by atoms with Crippen molar-refractivity contribution in [3.05, 3.63) is 121 Å². The molecule has 0 atom stereocenters. The number of methoxy groups -OCH3 is 2. The van der Waals surface area contributed by atoms with Crippen LogP contribution < -0.4 is 14.2 Å². The first-order valence-electron chi connectivity index (χ1n) is 13.2. The molecule has 4 aromatic carbocycles. The molecule has 0 unspecified atom stereocenters. The Balaban J connectivity index is 0.00000329. The molecule has 0 fully saturated rings. The van der Waals surface area contributed by atoms with Gasteiger partial charge in [-0.05, 0) is 35.3 Å². The molecule has 214 valence electrons. The van der Waals surface area contributed by atoms with E-state index in [0.717, 1.165) is 32.9 Å². The average molecular weight is 750 g/mol. The Labute approximate surface area is 261 Å². The smallest absolute Gasteiger partial charge is 0.509 e. The zero-order chi connectivity index (χ0) is 28.6. The van der Waals surface area contributed by atoms with Gasteiger partial charge in [0, 0.05) is 41.0 Å². The van der Waals surface area contributed by atoms with E-state index in [2.05, 4.69) is 22.2 Å². The molecule has 0 aliphatic carbocycles. The molecule has 3 heterocycles. The molecule has 0 aliphatic rings. The van der Waals surface area contributed by atoms with E-state index in [1.54, 1.807) is 25.1 Å². The molecule has 7 rings (SSSR count). The average Bonchev–Trinajstić information content (AvgIpc) is 3.64. The van der Waals surface area contributed by atoms with Crippen molar-refractivity contribution in [2.45, 2.75) is 0 Å². The fourth-order valence-corrected chi connectivity index (χ4v) is 5.15. The molecular formula is C34H23FN4O3Pt. The molecule has 0 radical (unpaired) electrons. The van der Waals surface area contributed by atoms with Crippen LogP contribution in [0, 0.1) is 17.9 Å². The molecule has 0 saturated carbocycles. The Kier molecular flexibility index (Phi) is 7.70. The largest absolute Gasteiger partial charge is 2.00 e. The number of hydrogen-bond donors (Lipinski definition) is 0. The summed E-state index contributed by atoms with van der Waals surface area (Å²) in [7, 11) is 3.25. The van der Waals surface area contributed by atoms with Crippen LogP contribution in [0.25, 0.3) is 44.4 Å². The van der Waals surface area contributed by atoms with Crippen molar-refractivity contribution in [3.8, 4) is 45.6 Å². The summed E-state index contributed by atoms with van der Waals surface area (Å²) in [4.78, 5) is 4.42. The quantitative estimate of drug-likeness (QED) is 0.157. The van der Waals surface area contributed by atoms with Crippen molar-refractivity contribution in [2.24, 2.45) is 0 Å². The standard InChI is InChI=1S/C34H23FN4O3.Pt/c1-40-31-11-6-12-32(41-2)34(31)22-20-37-38(21-22)24-7-5-8-25(18-24)42-26-13-14-28-27-9-3-4-10-29(27)39(30(28)19-26)33-17-23(35)15-16-36-33;/h3-17,20-21H,1-2H3;/q-2;+2. The van der Waals surface area contributed by atoms with E-state index < -0.39 is 0 Å². The normalized spacial score (nSPS) is 11.0. The molecule has 0 saturated heterocycles. The van der Waals surface area contributed by atoms with Crippen LogP contribution in [0.2, 0.25) is 0 Å². The molecule has 7 aromatic rings. The summed E-state index contributed by atoms with van der Waals surface area (Å²) in [6.45, 7) is 0. The predicted octanol–water partition coefficient (Wildman–Crippen LogP) is 7.58. The van der Waals surface area contributed by atoms with Crippen LogP contribution in [0.15, 0.2) is 104 Å². The maximum Gasteiger partial charge on any atom is 2.00 e. The first-order valence-corrected chi connectivity index (χ1v) is 13.2. The van der Waals surface area contributed by atoms with Crippen LogP contribution >= 0.6 is 0 Å². The summed E-state index contributed by atoms with van der Waals surface area (Å²) in [5.41, 5.74) is 3.96. The van der Waals surface area contributed by atoms with Crippen molar-refractivity contribution in [1.82, 2.24) is 19.3 Å². The maximum atomic E-state index is 14.2. The summed E-state index contributed by atoms with van der Waals surface area (Å²) in [5.74, 6) is 2.44. The van der Waals surface area contributed by atoms with Crippen LogP contribution in [-0.2, 0) is 21.1 Å². The number of nitrogens with zero attached hydrogens (tertiary/aromatic N) is 4.